The van der Waals surface area contributed by atoms with Gasteiger partial charge in [-0.3, -0.25) is 4.79 Å². The Balaban J connectivity index is 1.76. The minimum absolute atomic E-state index is 0.166. The summed E-state index contributed by atoms with van der Waals surface area (Å²) in [5, 5.41) is 6.01. The number of alkyl halides is 6. The summed E-state index contributed by atoms with van der Waals surface area (Å²) in [7, 11) is -4.71. The first-order valence-corrected chi connectivity index (χ1v) is 12.3. The molecule has 3 aromatic carbocycles. The molecule has 4 aromatic rings. The van der Waals surface area contributed by atoms with Gasteiger partial charge in [0, 0.05) is 11.1 Å². The van der Waals surface area contributed by atoms with Gasteiger partial charge in [-0.15, -0.1) is 6.58 Å². The van der Waals surface area contributed by atoms with Gasteiger partial charge in [-0.25, -0.2) is 4.39 Å². The molecular formula is C25H16F7N3O3S. The Morgan fingerprint density at radius 1 is 0.974 bits per heavy atom. The Bertz CT molecular complexity index is 1710. The second-order valence-electron chi connectivity index (χ2n) is 8.19. The van der Waals surface area contributed by atoms with Gasteiger partial charge in [-0.05, 0) is 54.4 Å². The fourth-order valence-corrected chi connectivity index (χ4v) is 5.16. The lowest BCUT2D eigenvalue weighted by Gasteiger charge is -2.15. The van der Waals surface area contributed by atoms with Gasteiger partial charge in [0.05, 0.1) is 33.3 Å². The number of halogens is 7. The van der Waals surface area contributed by atoms with Crippen molar-refractivity contribution < 1.29 is 43.9 Å². The molecule has 0 radical (unpaired) electrons. The normalized spacial score (nSPS) is 12.5. The van der Waals surface area contributed by atoms with Gasteiger partial charge in [0.2, 0.25) is 0 Å². The molecule has 0 aliphatic rings. The molecule has 0 atom stereocenters. The van der Waals surface area contributed by atoms with Crippen LogP contribution in [0.5, 0.6) is 0 Å². The maximum absolute atomic E-state index is 14.2. The molecule has 39 heavy (non-hydrogen) atoms. The van der Waals surface area contributed by atoms with Crippen molar-refractivity contribution in [3.05, 3.63) is 102 Å². The number of hydrogen-bond acceptors (Lipinski definition) is 4. The van der Waals surface area contributed by atoms with E-state index in [0.29, 0.717) is 22.3 Å². The van der Waals surface area contributed by atoms with E-state index in [-0.39, 0.29) is 28.6 Å². The molecule has 1 amide bonds. The minimum atomic E-state index is -5.04. The molecule has 1 heterocycles. The summed E-state index contributed by atoms with van der Waals surface area (Å²) in [6.45, 7) is 3.39. The van der Waals surface area contributed by atoms with Crippen molar-refractivity contribution in [1.82, 2.24) is 9.19 Å². The van der Waals surface area contributed by atoms with Crippen LogP contribution in [0.1, 0.15) is 27.0 Å². The van der Waals surface area contributed by atoms with E-state index >= 15 is 0 Å². The van der Waals surface area contributed by atoms with E-state index in [2.05, 4.69) is 17.0 Å². The summed E-state index contributed by atoms with van der Waals surface area (Å²) in [5.41, 5.74) is -4.60. The van der Waals surface area contributed by atoms with Crippen molar-refractivity contribution in [3.8, 4) is 0 Å². The molecule has 204 valence electrons. The van der Waals surface area contributed by atoms with Gasteiger partial charge in [0.15, 0.2) is 0 Å². The third-order valence-electron chi connectivity index (χ3n) is 5.62. The topological polar surface area (TPSA) is 81.1 Å². The molecule has 0 spiro atoms. The number of nitrogens with one attached hydrogen (secondary N) is 1. The predicted molar refractivity (Wildman–Crippen MR) is 127 cm³/mol. The summed E-state index contributed by atoms with van der Waals surface area (Å²) >= 11 is 0. The molecule has 1 aromatic heterocycles. The fourth-order valence-electron chi connectivity index (χ4n) is 3.86. The van der Waals surface area contributed by atoms with E-state index < -0.39 is 55.7 Å². The maximum Gasteiger partial charge on any atom is 0.417 e. The molecule has 0 saturated carbocycles. The number of allylic oxidation sites excluding steroid dienone is 1. The summed E-state index contributed by atoms with van der Waals surface area (Å²) in [6, 6.07) is 7.93. The van der Waals surface area contributed by atoms with Crippen LogP contribution in [0.2, 0.25) is 0 Å². The first kappa shape index (κ1) is 27.8. The molecule has 0 aliphatic heterocycles. The molecule has 6 nitrogen and oxygen atoms in total. The standard InChI is InChI=1S/C25H16F7N3O3S/c1-2-4-14-8-10-17(12-19(14)25(30,31)32)39(37,38)35-21-11-16(9-7-15(21)13-33-35)34-23(36)22-18(24(27,28)29)5-3-6-20(22)26/h2-3,5-13H,1,4H2,(H,34,36). The highest BCUT2D eigenvalue weighted by atomic mass is 32.2. The highest BCUT2D eigenvalue weighted by Gasteiger charge is 2.37. The van der Waals surface area contributed by atoms with Gasteiger partial charge >= 0.3 is 12.4 Å². The van der Waals surface area contributed by atoms with Crippen LogP contribution < -0.4 is 5.32 Å². The van der Waals surface area contributed by atoms with Gasteiger partial charge in [0.1, 0.15) is 5.82 Å². The predicted octanol–water partition coefficient (Wildman–Crippen LogP) is 6.43. The SMILES string of the molecule is C=CCc1ccc(S(=O)(=O)n2ncc3ccc(NC(=O)c4c(F)cccc4C(F)(F)F)cc32)cc1C(F)(F)F. The van der Waals surface area contributed by atoms with Crippen LogP contribution in [0.25, 0.3) is 10.9 Å². The zero-order valence-corrected chi connectivity index (χ0v) is 20.3. The lowest BCUT2D eigenvalue weighted by Crippen LogP contribution is -2.20. The van der Waals surface area contributed by atoms with Crippen LogP contribution in [0.4, 0.5) is 36.4 Å². The zero-order valence-electron chi connectivity index (χ0n) is 19.4. The van der Waals surface area contributed by atoms with Crippen LogP contribution in [0.3, 0.4) is 0 Å². The monoisotopic (exact) mass is 571 g/mol. The lowest BCUT2D eigenvalue weighted by atomic mass is 10.0. The van der Waals surface area contributed by atoms with Crippen LogP contribution in [0, 0.1) is 5.82 Å². The molecule has 0 fully saturated rings. The number of benzene rings is 3. The van der Waals surface area contributed by atoms with Crippen LogP contribution >= 0.6 is 0 Å². The first-order chi connectivity index (χ1) is 18.1. The average molecular weight is 571 g/mol. The molecule has 4 rings (SSSR count). The van der Waals surface area contributed by atoms with E-state index in [1.807, 2.05) is 0 Å². The Hall–Kier alpha value is -4.20. The Kier molecular flexibility index (Phi) is 7.02. The van der Waals surface area contributed by atoms with Crippen molar-refractivity contribution >= 4 is 32.5 Å². The second kappa shape index (κ2) is 9.84. The smallest absolute Gasteiger partial charge is 0.322 e. The van der Waals surface area contributed by atoms with Gasteiger partial charge in [-0.2, -0.15) is 43.9 Å². The molecule has 0 saturated heterocycles. The number of fused-ring (bicyclic) bond motifs is 1. The number of carbonyl (C=O) groups excluding carboxylic acids is 1. The largest absolute Gasteiger partial charge is 0.417 e. The maximum atomic E-state index is 14.2. The molecule has 0 aliphatic carbocycles. The van der Waals surface area contributed by atoms with Crippen molar-refractivity contribution in [2.45, 2.75) is 23.7 Å². The highest BCUT2D eigenvalue weighted by Crippen LogP contribution is 2.36. The second-order valence-corrected chi connectivity index (χ2v) is 9.96. The summed E-state index contributed by atoms with van der Waals surface area (Å²) in [6.07, 6.45) is -7.75. The quantitative estimate of drug-likeness (QED) is 0.214. The lowest BCUT2D eigenvalue weighted by molar-refractivity contribution is -0.139. The van der Waals surface area contributed by atoms with Gasteiger partial charge < -0.3 is 5.32 Å². The molecule has 0 unspecified atom stereocenters. The van der Waals surface area contributed by atoms with Crippen LogP contribution in [0.15, 0.2) is 78.3 Å². The average Bonchev–Trinajstić information content (AvgIpc) is 3.27. The van der Waals surface area contributed by atoms with Crippen molar-refractivity contribution in [3.63, 3.8) is 0 Å². The van der Waals surface area contributed by atoms with E-state index in [1.165, 1.54) is 18.2 Å². The van der Waals surface area contributed by atoms with Crippen molar-refractivity contribution in [2.75, 3.05) is 5.32 Å². The number of amides is 1. The summed E-state index contributed by atoms with van der Waals surface area (Å²) < 4.78 is 122. The fraction of sp³-hybridized carbons (Fsp3) is 0.120. The number of rotatable bonds is 6. The first-order valence-electron chi connectivity index (χ1n) is 10.9. The third kappa shape index (κ3) is 5.37. The van der Waals surface area contributed by atoms with Crippen molar-refractivity contribution in [1.29, 1.82) is 0 Å². The van der Waals surface area contributed by atoms with Gasteiger partial charge in [-0.1, -0.05) is 18.2 Å². The molecule has 14 heteroatoms. The zero-order chi connectivity index (χ0) is 28.8. The summed E-state index contributed by atoms with van der Waals surface area (Å²) in [4.78, 5) is 11.9. The molecule has 0 bridgehead atoms. The van der Waals surface area contributed by atoms with E-state index in [4.69, 9.17) is 0 Å². The van der Waals surface area contributed by atoms with E-state index in [9.17, 15) is 43.9 Å². The number of anilines is 1. The van der Waals surface area contributed by atoms with Crippen LogP contribution in [-0.4, -0.2) is 23.5 Å². The Labute approximate surface area is 216 Å². The Morgan fingerprint density at radius 2 is 1.67 bits per heavy atom. The third-order valence-corrected chi connectivity index (χ3v) is 7.21. The van der Waals surface area contributed by atoms with Gasteiger partial charge in [0.25, 0.3) is 15.9 Å². The summed E-state index contributed by atoms with van der Waals surface area (Å²) in [5.74, 6) is -2.89. The minimum Gasteiger partial charge on any atom is -0.322 e. The number of carbonyl (C=O) groups is 1. The molecule has 1 N–H and O–H groups in total. The van der Waals surface area contributed by atoms with Crippen LogP contribution in [-0.2, 0) is 28.8 Å². The Morgan fingerprint density at radius 3 is 2.31 bits per heavy atom. The highest BCUT2D eigenvalue weighted by molar-refractivity contribution is 7.90. The number of nitrogens with zero attached hydrogens (tertiary/aromatic N) is 2. The van der Waals surface area contributed by atoms with E-state index in [0.717, 1.165) is 30.5 Å². The van der Waals surface area contributed by atoms with Crippen molar-refractivity contribution in [2.24, 2.45) is 0 Å². The molecular weight excluding hydrogens is 555 g/mol. The van der Waals surface area contributed by atoms with E-state index in [1.54, 1.807) is 0 Å². The number of aromatic nitrogens is 2. The number of hydrogen-bond donors (Lipinski definition) is 1.